The maximum absolute atomic E-state index is 12.3. The van der Waals surface area contributed by atoms with Crippen LogP contribution in [-0.2, 0) is 9.59 Å². The first kappa shape index (κ1) is 17.4. The van der Waals surface area contributed by atoms with Gasteiger partial charge in [-0.05, 0) is 29.2 Å². The van der Waals surface area contributed by atoms with Crippen LogP contribution in [0.1, 0.15) is 42.5 Å². The minimum Gasteiger partial charge on any atom is -0.507 e. The van der Waals surface area contributed by atoms with E-state index in [1.807, 2.05) is 24.3 Å². The molecule has 1 atom stereocenters. The Bertz CT molecular complexity index is 852. The van der Waals surface area contributed by atoms with Crippen molar-refractivity contribution in [2.75, 3.05) is 0 Å². The maximum Gasteiger partial charge on any atom is 0.293 e. The third kappa shape index (κ3) is 3.37. The molecule has 1 fully saturated rings. The van der Waals surface area contributed by atoms with Gasteiger partial charge in [-0.3, -0.25) is 9.59 Å². The molecule has 1 heterocycles. The van der Waals surface area contributed by atoms with Crippen molar-refractivity contribution in [3.05, 3.63) is 75.3 Å². The fourth-order valence-corrected chi connectivity index (χ4v) is 3.12. The average molecular weight is 400 g/mol. The molecule has 0 radical (unpaired) electrons. The predicted octanol–water partition coefficient (Wildman–Crippen LogP) is 4.28. The molecule has 2 aromatic carbocycles. The van der Waals surface area contributed by atoms with Crippen LogP contribution in [0.4, 0.5) is 0 Å². The Labute approximate surface area is 154 Å². The van der Waals surface area contributed by atoms with Crippen molar-refractivity contribution in [2.24, 2.45) is 0 Å². The number of hydrogen-bond acceptors (Lipinski definition) is 3. The van der Waals surface area contributed by atoms with Gasteiger partial charge >= 0.3 is 0 Å². The van der Waals surface area contributed by atoms with E-state index in [-0.39, 0.29) is 11.3 Å². The van der Waals surface area contributed by atoms with Gasteiger partial charge in [0, 0.05) is 10.0 Å². The number of amides is 1. The molecule has 3 rings (SSSR count). The minimum atomic E-state index is -0.698. The van der Waals surface area contributed by atoms with Gasteiger partial charge in [-0.1, -0.05) is 66.2 Å². The van der Waals surface area contributed by atoms with Crippen LogP contribution >= 0.6 is 15.9 Å². The molecule has 2 aromatic rings. The summed E-state index contributed by atoms with van der Waals surface area (Å²) in [4.78, 5) is 24.2. The number of halogens is 1. The van der Waals surface area contributed by atoms with Gasteiger partial charge in [0.15, 0.2) is 0 Å². The summed E-state index contributed by atoms with van der Waals surface area (Å²) in [6.07, 6.45) is 0. The molecule has 0 aliphatic carbocycles. The van der Waals surface area contributed by atoms with E-state index >= 15 is 0 Å². The molecule has 1 aliphatic rings. The summed E-state index contributed by atoms with van der Waals surface area (Å²) >= 11 is 3.34. The Morgan fingerprint density at radius 2 is 1.64 bits per heavy atom. The molecule has 1 aliphatic heterocycles. The van der Waals surface area contributed by atoms with Gasteiger partial charge in [0.05, 0.1) is 11.6 Å². The number of rotatable bonds is 3. The molecule has 0 aromatic heterocycles. The number of aliphatic hydroxyl groups is 1. The van der Waals surface area contributed by atoms with Crippen molar-refractivity contribution in [1.82, 2.24) is 5.32 Å². The molecule has 1 unspecified atom stereocenters. The summed E-state index contributed by atoms with van der Waals surface area (Å²) in [7, 11) is 0. The van der Waals surface area contributed by atoms with E-state index in [2.05, 4.69) is 35.1 Å². The topological polar surface area (TPSA) is 66.4 Å². The summed E-state index contributed by atoms with van der Waals surface area (Å²) in [6.45, 7) is 4.20. The molecule has 2 N–H and O–H groups in total. The van der Waals surface area contributed by atoms with Crippen LogP contribution in [-0.4, -0.2) is 16.8 Å². The van der Waals surface area contributed by atoms with E-state index in [0.29, 0.717) is 11.5 Å². The Morgan fingerprint density at radius 3 is 2.20 bits per heavy atom. The Hall–Kier alpha value is -2.40. The van der Waals surface area contributed by atoms with Gasteiger partial charge in [0.1, 0.15) is 5.76 Å². The van der Waals surface area contributed by atoms with E-state index in [9.17, 15) is 14.7 Å². The lowest BCUT2D eigenvalue weighted by Gasteiger charge is -2.15. The SMILES string of the molecule is CC(C)c1ccc(C2NC(=O)C(=O)/C2=C(\O)c2ccc(Br)cc2)cc1. The van der Waals surface area contributed by atoms with Crippen LogP contribution in [0.2, 0.25) is 0 Å². The zero-order chi connectivity index (χ0) is 18.1. The monoisotopic (exact) mass is 399 g/mol. The van der Waals surface area contributed by atoms with Crippen molar-refractivity contribution in [3.8, 4) is 0 Å². The summed E-state index contributed by atoms with van der Waals surface area (Å²) in [5, 5.41) is 13.3. The number of benzene rings is 2. The molecule has 4 nitrogen and oxygen atoms in total. The van der Waals surface area contributed by atoms with Crippen LogP contribution in [0.15, 0.2) is 58.6 Å². The fraction of sp³-hybridized carbons (Fsp3) is 0.200. The Balaban J connectivity index is 2.05. The van der Waals surface area contributed by atoms with E-state index in [1.54, 1.807) is 24.3 Å². The van der Waals surface area contributed by atoms with Gasteiger partial charge in [-0.25, -0.2) is 0 Å². The molecule has 0 bridgehead atoms. The largest absolute Gasteiger partial charge is 0.507 e. The van der Waals surface area contributed by atoms with Crippen LogP contribution < -0.4 is 5.32 Å². The average Bonchev–Trinajstić information content (AvgIpc) is 2.90. The smallest absolute Gasteiger partial charge is 0.293 e. The zero-order valence-corrected chi connectivity index (χ0v) is 15.5. The summed E-state index contributed by atoms with van der Waals surface area (Å²) in [6, 6.07) is 14.0. The normalized spacial score (nSPS) is 19.3. The molecule has 25 heavy (non-hydrogen) atoms. The maximum atomic E-state index is 12.3. The van der Waals surface area contributed by atoms with Gasteiger partial charge < -0.3 is 10.4 Å². The lowest BCUT2D eigenvalue weighted by molar-refractivity contribution is -0.133. The van der Waals surface area contributed by atoms with E-state index in [1.165, 1.54) is 5.56 Å². The van der Waals surface area contributed by atoms with Crippen LogP contribution in [0.25, 0.3) is 5.76 Å². The highest BCUT2D eigenvalue weighted by atomic mass is 79.9. The standard InChI is InChI=1S/C20H18BrNO3/c1-11(2)12-3-5-13(6-4-12)17-16(19(24)20(25)22-17)18(23)14-7-9-15(21)10-8-14/h3-11,17,23H,1-2H3,(H,22,25)/b18-16-. The quantitative estimate of drug-likeness (QED) is 0.459. The molecule has 5 heteroatoms. The van der Waals surface area contributed by atoms with Crippen LogP contribution in [0.3, 0.4) is 0 Å². The number of ketones is 1. The number of aliphatic hydroxyl groups excluding tert-OH is 1. The highest BCUT2D eigenvalue weighted by Crippen LogP contribution is 2.33. The van der Waals surface area contributed by atoms with Gasteiger partial charge in [0.25, 0.3) is 11.7 Å². The molecular weight excluding hydrogens is 382 g/mol. The number of nitrogens with one attached hydrogen (secondary N) is 1. The van der Waals surface area contributed by atoms with Crippen molar-refractivity contribution >= 4 is 33.4 Å². The highest BCUT2D eigenvalue weighted by molar-refractivity contribution is 9.10. The van der Waals surface area contributed by atoms with E-state index in [4.69, 9.17) is 0 Å². The number of carbonyl (C=O) groups is 2. The Morgan fingerprint density at radius 1 is 1.04 bits per heavy atom. The molecule has 1 saturated heterocycles. The van der Waals surface area contributed by atoms with Crippen molar-refractivity contribution < 1.29 is 14.7 Å². The molecule has 0 spiro atoms. The lowest BCUT2D eigenvalue weighted by Crippen LogP contribution is -2.21. The second-order valence-corrected chi connectivity index (χ2v) is 7.24. The first-order valence-electron chi connectivity index (χ1n) is 8.02. The van der Waals surface area contributed by atoms with Crippen LogP contribution in [0, 0.1) is 0 Å². The Kier molecular flexibility index (Phi) is 4.77. The first-order chi connectivity index (χ1) is 11.9. The zero-order valence-electron chi connectivity index (χ0n) is 13.9. The number of carbonyl (C=O) groups excluding carboxylic acids is 2. The fourth-order valence-electron chi connectivity index (χ4n) is 2.85. The molecule has 0 saturated carbocycles. The van der Waals surface area contributed by atoms with Crippen molar-refractivity contribution in [2.45, 2.75) is 25.8 Å². The number of Topliss-reactive ketones (excluding diaryl/α,β-unsaturated/α-hetero) is 1. The molecular formula is C20H18BrNO3. The van der Waals surface area contributed by atoms with Crippen molar-refractivity contribution in [3.63, 3.8) is 0 Å². The second kappa shape index (κ2) is 6.84. The highest BCUT2D eigenvalue weighted by Gasteiger charge is 2.39. The molecule has 1 amide bonds. The van der Waals surface area contributed by atoms with Crippen molar-refractivity contribution in [1.29, 1.82) is 0 Å². The van der Waals surface area contributed by atoms with E-state index in [0.717, 1.165) is 10.0 Å². The summed E-state index contributed by atoms with van der Waals surface area (Å²) in [5.74, 6) is -1.18. The van der Waals surface area contributed by atoms with Crippen LogP contribution in [0.5, 0.6) is 0 Å². The van der Waals surface area contributed by atoms with Gasteiger partial charge in [-0.15, -0.1) is 0 Å². The minimum absolute atomic E-state index is 0.0876. The predicted molar refractivity (Wildman–Crippen MR) is 100 cm³/mol. The number of hydrogen-bond donors (Lipinski definition) is 2. The van der Waals surface area contributed by atoms with Gasteiger partial charge in [0.2, 0.25) is 0 Å². The lowest BCUT2D eigenvalue weighted by atomic mass is 9.94. The van der Waals surface area contributed by atoms with Gasteiger partial charge in [-0.2, -0.15) is 0 Å². The first-order valence-corrected chi connectivity index (χ1v) is 8.82. The third-order valence-corrected chi connectivity index (χ3v) is 4.85. The third-order valence-electron chi connectivity index (χ3n) is 4.32. The molecule has 128 valence electrons. The van der Waals surface area contributed by atoms with E-state index < -0.39 is 17.7 Å². The summed E-state index contributed by atoms with van der Waals surface area (Å²) in [5.41, 5.74) is 2.51. The summed E-state index contributed by atoms with van der Waals surface area (Å²) < 4.78 is 0.863. The second-order valence-electron chi connectivity index (χ2n) is 6.33.